The summed E-state index contributed by atoms with van der Waals surface area (Å²) in [5.41, 5.74) is 3.11. The van der Waals surface area contributed by atoms with E-state index < -0.39 is 0 Å². The highest BCUT2D eigenvalue weighted by Crippen LogP contribution is 2.26. The predicted molar refractivity (Wildman–Crippen MR) is 55.9 cm³/mol. The van der Waals surface area contributed by atoms with Crippen LogP contribution in [0.1, 0.15) is 37.9 Å². The fourth-order valence-electron chi connectivity index (χ4n) is 1.51. The van der Waals surface area contributed by atoms with Gasteiger partial charge in [-0.2, -0.15) is 0 Å². The summed E-state index contributed by atoms with van der Waals surface area (Å²) in [5, 5.41) is 3.31. The van der Waals surface area contributed by atoms with E-state index in [2.05, 4.69) is 50.4 Å². The summed E-state index contributed by atoms with van der Waals surface area (Å²) >= 11 is 0. The van der Waals surface area contributed by atoms with Crippen molar-refractivity contribution in [3.63, 3.8) is 0 Å². The smallest absolute Gasteiger partial charge is 0.0447 e. The Hall–Kier alpha value is -0.820. The van der Waals surface area contributed by atoms with Gasteiger partial charge in [-0.1, -0.05) is 45.0 Å². The molecule has 0 amide bonds. The van der Waals surface area contributed by atoms with Crippen LogP contribution in [0.25, 0.3) is 0 Å². The molecule has 1 nitrogen and oxygen atoms in total. The van der Waals surface area contributed by atoms with Crippen molar-refractivity contribution in [3.8, 4) is 0 Å². The van der Waals surface area contributed by atoms with Crippen molar-refractivity contribution in [2.45, 2.75) is 32.2 Å². The lowest BCUT2D eigenvalue weighted by Gasteiger charge is -2.18. The molecule has 0 spiro atoms. The summed E-state index contributed by atoms with van der Waals surface area (Å²) in [6.07, 6.45) is 0. The van der Waals surface area contributed by atoms with Gasteiger partial charge in [-0.05, 0) is 16.5 Å². The Labute approximate surface area is 80.2 Å². The maximum atomic E-state index is 3.31. The van der Waals surface area contributed by atoms with Gasteiger partial charge in [-0.25, -0.2) is 0 Å². The molecule has 1 aliphatic rings. The molecule has 0 saturated carbocycles. The number of hydrogen-bond acceptors (Lipinski definition) is 1. The van der Waals surface area contributed by atoms with E-state index in [1.165, 1.54) is 11.1 Å². The predicted octanol–water partition coefficient (Wildman–Crippen LogP) is 2.63. The maximum absolute atomic E-state index is 3.31. The summed E-state index contributed by atoms with van der Waals surface area (Å²) in [6.45, 7) is 7.89. The van der Waals surface area contributed by atoms with Crippen LogP contribution in [0.2, 0.25) is 0 Å². The highest BCUT2D eigenvalue weighted by molar-refractivity contribution is 5.31. The van der Waals surface area contributed by atoms with E-state index in [-0.39, 0.29) is 5.41 Å². The van der Waals surface area contributed by atoms with E-state index in [4.69, 9.17) is 0 Å². The zero-order valence-electron chi connectivity index (χ0n) is 8.59. The molecule has 13 heavy (non-hydrogen) atoms. The van der Waals surface area contributed by atoms with Crippen LogP contribution >= 0.6 is 0 Å². The minimum absolute atomic E-state index is 0.273. The van der Waals surface area contributed by atoms with Crippen molar-refractivity contribution < 1.29 is 0 Å². The Morgan fingerprint density at radius 2 is 1.69 bits per heavy atom. The SMILES string of the molecule is CC(C)(C)c1ccc(C2CN2)cc1. The third-order valence-corrected chi connectivity index (χ3v) is 2.59. The van der Waals surface area contributed by atoms with Crippen molar-refractivity contribution in [3.05, 3.63) is 35.4 Å². The largest absolute Gasteiger partial charge is 0.307 e. The molecule has 1 unspecified atom stereocenters. The van der Waals surface area contributed by atoms with Crippen molar-refractivity contribution >= 4 is 0 Å². The molecule has 2 rings (SSSR count). The molecule has 1 atom stereocenters. The Balaban J connectivity index is 2.22. The average molecular weight is 175 g/mol. The zero-order valence-corrected chi connectivity index (χ0v) is 8.59. The molecule has 0 aromatic heterocycles. The van der Waals surface area contributed by atoms with Gasteiger partial charge in [-0.3, -0.25) is 0 Å². The lowest BCUT2D eigenvalue weighted by atomic mass is 9.86. The van der Waals surface area contributed by atoms with Crippen LogP contribution < -0.4 is 5.32 Å². The highest BCUT2D eigenvalue weighted by Gasteiger charge is 2.22. The first kappa shape index (κ1) is 8.76. The molecule has 1 heteroatoms. The van der Waals surface area contributed by atoms with Gasteiger partial charge in [0.05, 0.1) is 0 Å². The third kappa shape index (κ3) is 1.92. The normalized spacial score (nSPS) is 21.6. The van der Waals surface area contributed by atoms with E-state index in [0.29, 0.717) is 6.04 Å². The summed E-state index contributed by atoms with van der Waals surface area (Å²) < 4.78 is 0. The summed E-state index contributed by atoms with van der Waals surface area (Å²) in [5.74, 6) is 0. The molecule has 70 valence electrons. The van der Waals surface area contributed by atoms with Gasteiger partial charge in [0.1, 0.15) is 0 Å². The second-order valence-electron chi connectivity index (χ2n) is 4.83. The third-order valence-electron chi connectivity index (χ3n) is 2.59. The Kier molecular flexibility index (Phi) is 1.92. The van der Waals surface area contributed by atoms with Crippen molar-refractivity contribution in [2.24, 2.45) is 0 Å². The molecule has 1 fully saturated rings. The molecule has 0 bridgehead atoms. The molecule has 0 aliphatic carbocycles. The van der Waals surface area contributed by atoms with Crippen LogP contribution in [0, 0.1) is 0 Å². The van der Waals surface area contributed by atoms with Gasteiger partial charge in [-0.15, -0.1) is 0 Å². The second kappa shape index (κ2) is 2.85. The summed E-state index contributed by atoms with van der Waals surface area (Å²) in [6, 6.07) is 9.61. The van der Waals surface area contributed by atoms with Gasteiger partial charge < -0.3 is 5.32 Å². The van der Waals surface area contributed by atoms with Crippen LogP contribution in [-0.4, -0.2) is 6.54 Å². The van der Waals surface area contributed by atoms with E-state index in [1.807, 2.05) is 0 Å². The molecule has 1 saturated heterocycles. The maximum Gasteiger partial charge on any atom is 0.0447 e. The van der Waals surface area contributed by atoms with Crippen LogP contribution in [0.15, 0.2) is 24.3 Å². The molecular weight excluding hydrogens is 158 g/mol. The molecule has 1 aromatic carbocycles. The summed E-state index contributed by atoms with van der Waals surface area (Å²) in [7, 11) is 0. The lowest BCUT2D eigenvalue weighted by molar-refractivity contribution is 0.590. The van der Waals surface area contributed by atoms with Gasteiger partial charge in [0.25, 0.3) is 0 Å². The second-order valence-corrected chi connectivity index (χ2v) is 4.83. The van der Waals surface area contributed by atoms with Crippen LogP contribution in [-0.2, 0) is 5.41 Å². The monoisotopic (exact) mass is 175 g/mol. The topological polar surface area (TPSA) is 21.9 Å². The summed E-state index contributed by atoms with van der Waals surface area (Å²) in [4.78, 5) is 0. The van der Waals surface area contributed by atoms with E-state index in [0.717, 1.165) is 6.54 Å². The molecular formula is C12H17N. The number of benzene rings is 1. The van der Waals surface area contributed by atoms with E-state index in [9.17, 15) is 0 Å². The first-order chi connectivity index (χ1) is 6.07. The van der Waals surface area contributed by atoms with E-state index in [1.54, 1.807) is 0 Å². The van der Waals surface area contributed by atoms with Gasteiger partial charge in [0.15, 0.2) is 0 Å². The lowest BCUT2D eigenvalue weighted by Crippen LogP contribution is -2.10. The van der Waals surface area contributed by atoms with Gasteiger partial charge in [0.2, 0.25) is 0 Å². The number of hydrogen-bond donors (Lipinski definition) is 1. The fraction of sp³-hybridized carbons (Fsp3) is 0.500. The quantitative estimate of drug-likeness (QED) is 0.651. The standard InChI is InChI=1S/C12H17N/c1-12(2,3)10-6-4-9(5-7-10)11-8-13-11/h4-7,11,13H,8H2,1-3H3. The first-order valence-corrected chi connectivity index (χ1v) is 4.91. The molecule has 1 aliphatic heterocycles. The highest BCUT2D eigenvalue weighted by atomic mass is 15.1. The van der Waals surface area contributed by atoms with E-state index >= 15 is 0 Å². The van der Waals surface area contributed by atoms with Crippen LogP contribution in [0.5, 0.6) is 0 Å². The molecule has 1 N–H and O–H groups in total. The number of rotatable bonds is 1. The van der Waals surface area contributed by atoms with Crippen LogP contribution in [0.4, 0.5) is 0 Å². The van der Waals surface area contributed by atoms with Crippen molar-refractivity contribution in [1.29, 1.82) is 0 Å². The Bertz CT molecular complexity index is 288. The Morgan fingerprint density at radius 1 is 1.15 bits per heavy atom. The van der Waals surface area contributed by atoms with Crippen molar-refractivity contribution in [2.75, 3.05) is 6.54 Å². The molecule has 1 heterocycles. The van der Waals surface area contributed by atoms with Gasteiger partial charge >= 0.3 is 0 Å². The molecule has 0 radical (unpaired) electrons. The number of nitrogens with one attached hydrogen (secondary N) is 1. The average Bonchev–Trinajstić information content (AvgIpc) is 2.85. The minimum atomic E-state index is 0.273. The molecule has 1 aromatic rings. The fourth-order valence-corrected chi connectivity index (χ4v) is 1.51. The minimum Gasteiger partial charge on any atom is -0.307 e. The Morgan fingerprint density at radius 3 is 2.08 bits per heavy atom. The van der Waals surface area contributed by atoms with Crippen LogP contribution in [0.3, 0.4) is 0 Å². The zero-order chi connectivity index (χ0) is 9.47. The van der Waals surface area contributed by atoms with Crippen molar-refractivity contribution in [1.82, 2.24) is 5.32 Å². The van der Waals surface area contributed by atoms with Gasteiger partial charge in [0, 0.05) is 12.6 Å². The first-order valence-electron chi connectivity index (χ1n) is 4.91.